The number of benzene rings is 1. The van der Waals surface area contributed by atoms with Gasteiger partial charge in [0.05, 0.1) is 12.5 Å². The number of carboxylic acid groups (broad SMARTS) is 1. The molecule has 21 heavy (non-hydrogen) atoms. The normalized spacial score (nSPS) is 31.7. The molecular weight excluding hydrogens is 264 g/mol. The van der Waals surface area contributed by atoms with E-state index >= 15 is 0 Å². The standard InChI is InChI=1S/C18H24O3/c1-18(17(19)20)9-3-4-13-10-14-11-15(21-2)7-5-12(14)6-8-16(13)18/h5,7,11,13,16H,3-4,6,8-10H2,1-2H3,(H,19,20)/t13-,16-,18-/m1/s1. The summed E-state index contributed by atoms with van der Waals surface area (Å²) in [7, 11) is 1.70. The molecule has 3 heteroatoms. The fraction of sp³-hybridized carbons (Fsp3) is 0.611. The van der Waals surface area contributed by atoms with Crippen molar-refractivity contribution in [2.75, 3.05) is 7.11 Å². The molecule has 3 atom stereocenters. The summed E-state index contributed by atoms with van der Waals surface area (Å²) in [5.74, 6) is 1.08. The van der Waals surface area contributed by atoms with Gasteiger partial charge in [-0.05, 0) is 74.1 Å². The van der Waals surface area contributed by atoms with Gasteiger partial charge in [0.15, 0.2) is 0 Å². The molecule has 3 nitrogen and oxygen atoms in total. The maximum absolute atomic E-state index is 11.8. The summed E-state index contributed by atoms with van der Waals surface area (Å²) in [6.45, 7) is 1.96. The SMILES string of the molecule is COc1ccc2c(c1)C[C@H]1CCC[C@@](C)(C(=O)O)[C@@H]1CC2. The molecule has 1 N–H and O–H groups in total. The molecule has 0 aromatic heterocycles. The molecule has 0 heterocycles. The molecule has 0 amide bonds. The molecule has 2 aliphatic carbocycles. The Balaban J connectivity index is 1.93. The molecule has 1 fully saturated rings. The summed E-state index contributed by atoms with van der Waals surface area (Å²) in [5.41, 5.74) is 2.18. The number of rotatable bonds is 2. The van der Waals surface area contributed by atoms with Crippen molar-refractivity contribution in [3.63, 3.8) is 0 Å². The lowest BCUT2D eigenvalue weighted by atomic mass is 9.61. The van der Waals surface area contributed by atoms with E-state index in [2.05, 4.69) is 12.1 Å². The van der Waals surface area contributed by atoms with Gasteiger partial charge < -0.3 is 9.84 Å². The van der Waals surface area contributed by atoms with Gasteiger partial charge in [-0.25, -0.2) is 0 Å². The Kier molecular flexibility index (Phi) is 3.68. The Hall–Kier alpha value is -1.51. The number of carbonyl (C=O) groups is 1. The highest BCUT2D eigenvalue weighted by atomic mass is 16.5. The van der Waals surface area contributed by atoms with Gasteiger partial charge in [0.2, 0.25) is 0 Å². The van der Waals surface area contributed by atoms with Crippen molar-refractivity contribution >= 4 is 5.97 Å². The molecule has 1 aromatic rings. The van der Waals surface area contributed by atoms with E-state index in [1.807, 2.05) is 13.0 Å². The van der Waals surface area contributed by atoms with E-state index in [9.17, 15) is 9.90 Å². The summed E-state index contributed by atoms with van der Waals surface area (Å²) < 4.78 is 5.34. The second kappa shape index (κ2) is 5.36. The summed E-state index contributed by atoms with van der Waals surface area (Å²) in [5, 5.41) is 9.71. The van der Waals surface area contributed by atoms with Crippen molar-refractivity contribution in [1.29, 1.82) is 0 Å². The lowest BCUT2D eigenvalue weighted by molar-refractivity contribution is -0.156. The van der Waals surface area contributed by atoms with Gasteiger partial charge in [0, 0.05) is 0 Å². The highest BCUT2D eigenvalue weighted by Crippen LogP contribution is 2.49. The Morgan fingerprint density at radius 1 is 1.33 bits per heavy atom. The molecule has 1 saturated carbocycles. The van der Waals surface area contributed by atoms with E-state index in [-0.39, 0.29) is 0 Å². The van der Waals surface area contributed by atoms with Gasteiger partial charge >= 0.3 is 5.97 Å². The molecule has 0 saturated heterocycles. The van der Waals surface area contributed by atoms with Crippen LogP contribution in [0.2, 0.25) is 0 Å². The molecule has 2 aliphatic rings. The second-order valence-corrected chi connectivity index (χ2v) is 6.86. The average Bonchev–Trinajstić information content (AvgIpc) is 2.66. The molecule has 0 spiro atoms. The number of hydrogen-bond donors (Lipinski definition) is 1. The van der Waals surface area contributed by atoms with Crippen LogP contribution < -0.4 is 4.74 Å². The molecule has 0 unspecified atom stereocenters. The van der Waals surface area contributed by atoms with E-state index in [0.29, 0.717) is 11.8 Å². The molecule has 1 aromatic carbocycles. The lowest BCUT2D eigenvalue weighted by Crippen LogP contribution is -2.43. The van der Waals surface area contributed by atoms with Crippen molar-refractivity contribution < 1.29 is 14.6 Å². The number of ether oxygens (including phenoxy) is 1. The fourth-order valence-corrected chi connectivity index (χ4v) is 4.46. The van der Waals surface area contributed by atoms with Crippen LogP contribution in [0, 0.1) is 17.3 Å². The first-order valence-electron chi connectivity index (χ1n) is 7.94. The van der Waals surface area contributed by atoms with Gasteiger partial charge in [0.1, 0.15) is 5.75 Å². The highest BCUT2D eigenvalue weighted by Gasteiger charge is 2.47. The van der Waals surface area contributed by atoms with Crippen LogP contribution in [0.1, 0.15) is 43.7 Å². The molecular formula is C18H24O3. The van der Waals surface area contributed by atoms with Crippen molar-refractivity contribution in [2.24, 2.45) is 17.3 Å². The molecule has 114 valence electrons. The van der Waals surface area contributed by atoms with E-state index in [1.54, 1.807) is 7.11 Å². The van der Waals surface area contributed by atoms with Gasteiger partial charge in [0.25, 0.3) is 0 Å². The summed E-state index contributed by atoms with van der Waals surface area (Å²) >= 11 is 0. The van der Waals surface area contributed by atoms with Crippen LogP contribution in [0.5, 0.6) is 5.75 Å². The second-order valence-electron chi connectivity index (χ2n) is 6.86. The Morgan fingerprint density at radius 3 is 2.86 bits per heavy atom. The molecule has 0 aliphatic heterocycles. The topological polar surface area (TPSA) is 46.5 Å². The zero-order valence-electron chi connectivity index (χ0n) is 12.9. The summed E-state index contributed by atoms with van der Waals surface area (Å²) in [4.78, 5) is 11.8. The highest BCUT2D eigenvalue weighted by molar-refractivity contribution is 5.74. The van der Waals surface area contributed by atoms with Crippen LogP contribution in [-0.2, 0) is 17.6 Å². The zero-order chi connectivity index (χ0) is 15.0. The van der Waals surface area contributed by atoms with Gasteiger partial charge in [-0.15, -0.1) is 0 Å². The monoisotopic (exact) mass is 288 g/mol. The number of carboxylic acids is 1. The third kappa shape index (κ3) is 2.43. The van der Waals surface area contributed by atoms with Crippen LogP contribution in [0.15, 0.2) is 18.2 Å². The first-order chi connectivity index (χ1) is 10.0. The average molecular weight is 288 g/mol. The number of aliphatic carboxylic acids is 1. The van der Waals surface area contributed by atoms with Crippen LogP contribution in [0.3, 0.4) is 0 Å². The van der Waals surface area contributed by atoms with Crippen LogP contribution >= 0.6 is 0 Å². The third-order valence-corrected chi connectivity index (χ3v) is 5.77. The number of aryl methyl sites for hydroxylation is 1. The van der Waals surface area contributed by atoms with Gasteiger partial charge in [-0.3, -0.25) is 4.79 Å². The number of fused-ring (bicyclic) bond motifs is 2. The Labute approximate surface area is 126 Å². The van der Waals surface area contributed by atoms with Crippen molar-refractivity contribution in [2.45, 2.75) is 45.4 Å². The van der Waals surface area contributed by atoms with E-state index in [4.69, 9.17) is 4.74 Å². The fourth-order valence-electron chi connectivity index (χ4n) is 4.46. The minimum Gasteiger partial charge on any atom is -0.497 e. The minimum atomic E-state index is -0.610. The first-order valence-corrected chi connectivity index (χ1v) is 7.94. The van der Waals surface area contributed by atoms with Crippen LogP contribution in [-0.4, -0.2) is 18.2 Å². The van der Waals surface area contributed by atoms with Crippen molar-refractivity contribution in [3.05, 3.63) is 29.3 Å². The first kappa shape index (κ1) is 14.4. The maximum atomic E-state index is 11.8. The zero-order valence-corrected chi connectivity index (χ0v) is 12.9. The van der Waals surface area contributed by atoms with Crippen LogP contribution in [0.25, 0.3) is 0 Å². The van der Waals surface area contributed by atoms with Crippen molar-refractivity contribution in [1.82, 2.24) is 0 Å². The predicted molar refractivity (Wildman–Crippen MR) is 81.6 cm³/mol. The number of methoxy groups -OCH3 is 1. The van der Waals surface area contributed by atoms with Crippen molar-refractivity contribution in [3.8, 4) is 5.75 Å². The summed E-state index contributed by atoms with van der Waals surface area (Å²) in [6.07, 6.45) is 5.99. The summed E-state index contributed by atoms with van der Waals surface area (Å²) in [6, 6.07) is 6.32. The lowest BCUT2D eigenvalue weighted by Gasteiger charge is -2.43. The van der Waals surface area contributed by atoms with Gasteiger partial charge in [-0.1, -0.05) is 12.5 Å². The quantitative estimate of drug-likeness (QED) is 0.902. The molecule has 3 rings (SSSR count). The number of hydrogen-bond acceptors (Lipinski definition) is 2. The van der Waals surface area contributed by atoms with Crippen LogP contribution in [0.4, 0.5) is 0 Å². The smallest absolute Gasteiger partial charge is 0.309 e. The Morgan fingerprint density at radius 2 is 2.14 bits per heavy atom. The minimum absolute atomic E-state index is 0.294. The molecule has 0 bridgehead atoms. The Bertz CT molecular complexity index is 551. The predicted octanol–water partition coefficient (Wildman–Crippen LogP) is 3.69. The molecule has 0 radical (unpaired) electrons. The van der Waals surface area contributed by atoms with E-state index in [1.165, 1.54) is 11.1 Å². The maximum Gasteiger partial charge on any atom is 0.309 e. The van der Waals surface area contributed by atoms with Gasteiger partial charge in [-0.2, -0.15) is 0 Å². The largest absolute Gasteiger partial charge is 0.497 e. The van der Waals surface area contributed by atoms with E-state index in [0.717, 1.165) is 44.3 Å². The third-order valence-electron chi connectivity index (χ3n) is 5.77. The van der Waals surface area contributed by atoms with E-state index < -0.39 is 11.4 Å².